The zero-order chi connectivity index (χ0) is 27.0. The summed E-state index contributed by atoms with van der Waals surface area (Å²) in [5.41, 5.74) is -0.531. The molecule has 4 aliphatic rings. The lowest BCUT2D eigenvalue weighted by Gasteiger charge is -2.40. The van der Waals surface area contributed by atoms with E-state index in [1.54, 1.807) is 0 Å². The van der Waals surface area contributed by atoms with Crippen molar-refractivity contribution < 1.29 is 19.1 Å². The molecule has 5 N–H and O–H groups in total. The summed E-state index contributed by atoms with van der Waals surface area (Å²) in [7, 11) is 0. The molecule has 218 valence electrons. The maximum atomic E-state index is 12.6. The molecule has 2 saturated carbocycles. The minimum absolute atomic E-state index is 0.00652. The molecule has 1 amide bonds. The van der Waals surface area contributed by atoms with E-state index < -0.39 is 5.60 Å². The zero-order valence-corrected chi connectivity index (χ0v) is 24.0. The van der Waals surface area contributed by atoms with Crippen LogP contribution in [-0.2, 0) is 19.1 Å². The van der Waals surface area contributed by atoms with Crippen molar-refractivity contribution >= 4 is 11.9 Å². The maximum Gasteiger partial charge on any atom is 0.325 e. The van der Waals surface area contributed by atoms with Crippen molar-refractivity contribution in [3.8, 4) is 0 Å². The fourth-order valence-electron chi connectivity index (χ4n) is 6.79. The number of carbonyl (C=O) groups excluding carboxylic acids is 2. The first-order valence-corrected chi connectivity index (χ1v) is 15.3. The number of esters is 1. The van der Waals surface area contributed by atoms with Crippen LogP contribution in [0.4, 0.5) is 0 Å². The van der Waals surface area contributed by atoms with E-state index in [0.29, 0.717) is 24.0 Å². The van der Waals surface area contributed by atoms with Gasteiger partial charge in [0.2, 0.25) is 5.91 Å². The van der Waals surface area contributed by atoms with Crippen LogP contribution in [0.1, 0.15) is 85.0 Å². The maximum absolute atomic E-state index is 12.6. The predicted molar refractivity (Wildman–Crippen MR) is 148 cm³/mol. The second-order valence-electron chi connectivity index (χ2n) is 13.1. The highest BCUT2D eigenvalue weighted by atomic mass is 16.6. The molecule has 0 radical (unpaired) electrons. The van der Waals surface area contributed by atoms with Crippen LogP contribution in [0.3, 0.4) is 0 Å². The molecule has 0 spiro atoms. The monoisotopic (exact) mass is 535 g/mol. The van der Waals surface area contributed by atoms with Gasteiger partial charge < -0.3 is 20.1 Å². The molecular formula is C29H53N5O4. The van der Waals surface area contributed by atoms with Crippen LogP contribution in [-0.4, -0.2) is 75.2 Å². The lowest BCUT2D eigenvalue weighted by molar-refractivity contribution is -0.154. The third-order valence-corrected chi connectivity index (χ3v) is 8.82. The Kier molecular flexibility index (Phi) is 11.3. The summed E-state index contributed by atoms with van der Waals surface area (Å²) in [5, 5.41) is 17.7. The first-order chi connectivity index (χ1) is 18.2. The molecule has 2 aliphatic heterocycles. The molecule has 4 fully saturated rings. The lowest BCUT2D eigenvalue weighted by atomic mass is 9.75. The van der Waals surface area contributed by atoms with Crippen LogP contribution in [0.5, 0.6) is 0 Å². The third-order valence-electron chi connectivity index (χ3n) is 8.82. The van der Waals surface area contributed by atoms with Gasteiger partial charge in [0.25, 0.3) is 0 Å². The van der Waals surface area contributed by atoms with Crippen molar-refractivity contribution in [3.05, 3.63) is 0 Å². The summed E-state index contributed by atoms with van der Waals surface area (Å²) in [6.45, 7) is 10.5. The van der Waals surface area contributed by atoms with Crippen LogP contribution in [0.15, 0.2) is 0 Å². The number of hydrogen-bond donors (Lipinski definition) is 5. The molecule has 2 heterocycles. The van der Waals surface area contributed by atoms with Crippen molar-refractivity contribution in [1.82, 2.24) is 26.6 Å². The van der Waals surface area contributed by atoms with Gasteiger partial charge in [-0.05, 0) is 103 Å². The van der Waals surface area contributed by atoms with Crippen LogP contribution in [0.25, 0.3) is 0 Å². The number of hydrogen-bond acceptors (Lipinski definition) is 8. The van der Waals surface area contributed by atoms with Crippen molar-refractivity contribution in [3.63, 3.8) is 0 Å². The Morgan fingerprint density at radius 2 is 1.68 bits per heavy atom. The summed E-state index contributed by atoms with van der Waals surface area (Å²) in [6, 6.07) is 0.564. The van der Waals surface area contributed by atoms with Gasteiger partial charge in [0, 0.05) is 38.2 Å². The molecule has 4 rings (SSSR count). The average molecular weight is 536 g/mol. The highest BCUT2D eigenvalue weighted by Crippen LogP contribution is 2.34. The largest absolute Gasteiger partial charge is 0.459 e. The molecule has 9 nitrogen and oxygen atoms in total. The van der Waals surface area contributed by atoms with Gasteiger partial charge in [-0.25, -0.2) is 0 Å². The fraction of sp³-hybridized carbons (Fsp3) is 0.931. The Balaban J connectivity index is 1.08. The van der Waals surface area contributed by atoms with Crippen LogP contribution in [0, 0.1) is 23.7 Å². The first-order valence-electron chi connectivity index (χ1n) is 15.3. The van der Waals surface area contributed by atoms with Crippen molar-refractivity contribution in [2.75, 3.05) is 39.3 Å². The van der Waals surface area contributed by atoms with E-state index in [4.69, 9.17) is 9.47 Å². The van der Waals surface area contributed by atoms with Gasteiger partial charge >= 0.3 is 5.97 Å². The van der Waals surface area contributed by atoms with Gasteiger partial charge in [0.1, 0.15) is 18.4 Å². The van der Waals surface area contributed by atoms with Crippen LogP contribution >= 0.6 is 0 Å². The highest BCUT2D eigenvalue weighted by molar-refractivity contribution is 5.83. The van der Waals surface area contributed by atoms with E-state index in [1.807, 2.05) is 20.8 Å². The molecule has 2 aliphatic carbocycles. The Hall–Kier alpha value is -1.26. The Morgan fingerprint density at radius 1 is 0.921 bits per heavy atom. The standard InChI is InChI=1S/C29H53N5O4/c1-29(2,3)38-26(35)19-31-27(36)22-11-9-21(10-12-22)23-16-32-28(33-17-23)34-24-7-4-6-20(14-24)15-30-18-25-8-5-13-37-25/h20-25,28,30,32-34H,4-19H2,1-3H3,(H,31,36). The first kappa shape index (κ1) is 29.7. The molecule has 3 atom stereocenters. The van der Waals surface area contributed by atoms with E-state index in [0.717, 1.165) is 64.4 Å². The van der Waals surface area contributed by atoms with Crippen LogP contribution < -0.4 is 26.6 Å². The summed E-state index contributed by atoms with van der Waals surface area (Å²) < 4.78 is 11.0. The Bertz CT molecular complexity index is 738. The van der Waals surface area contributed by atoms with E-state index in [2.05, 4.69) is 26.6 Å². The van der Waals surface area contributed by atoms with E-state index >= 15 is 0 Å². The summed E-state index contributed by atoms with van der Waals surface area (Å²) >= 11 is 0. The quantitative estimate of drug-likeness (QED) is 0.271. The zero-order valence-electron chi connectivity index (χ0n) is 24.0. The Morgan fingerprint density at radius 3 is 2.37 bits per heavy atom. The van der Waals surface area contributed by atoms with Crippen molar-refractivity contribution in [2.45, 2.75) is 109 Å². The molecule has 9 heteroatoms. The van der Waals surface area contributed by atoms with Gasteiger partial charge in [-0.1, -0.05) is 6.42 Å². The molecule has 2 saturated heterocycles. The van der Waals surface area contributed by atoms with E-state index in [-0.39, 0.29) is 30.6 Å². The fourth-order valence-corrected chi connectivity index (χ4v) is 6.79. The topological polar surface area (TPSA) is 113 Å². The number of ether oxygens (including phenoxy) is 2. The lowest BCUT2D eigenvalue weighted by Crippen LogP contribution is -2.63. The summed E-state index contributed by atoms with van der Waals surface area (Å²) in [5.74, 6) is 1.60. The molecule has 0 bridgehead atoms. The van der Waals surface area contributed by atoms with E-state index in [9.17, 15) is 9.59 Å². The smallest absolute Gasteiger partial charge is 0.325 e. The Labute approximate surface area is 229 Å². The second-order valence-corrected chi connectivity index (χ2v) is 13.1. The number of nitrogens with one attached hydrogen (secondary N) is 5. The molecule has 3 unspecified atom stereocenters. The average Bonchev–Trinajstić information content (AvgIpc) is 3.41. The summed E-state index contributed by atoms with van der Waals surface area (Å²) in [4.78, 5) is 24.5. The van der Waals surface area contributed by atoms with Crippen molar-refractivity contribution in [2.24, 2.45) is 23.7 Å². The predicted octanol–water partition coefficient (Wildman–Crippen LogP) is 2.26. The number of amides is 1. The van der Waals surface area contributed by atoms with Gasteiger partial charge in [-0.15, -0.1) is 0 Å². The number of rotatable bonds is 10. The highest BCUT2D eigenvalue weighted by Gasteiger charge is 2.34. The molecular weight excluding hydrogens is 482 g/mol. The third kappa shape index (κ3) is 9.73. The molecule has 0 aromatic heterocycles. The van der Waals surface area contributed by atoms with Gasteiger partial charge in [-0.3, -0.25) is 25.5 Å². The molecule has 38 heavy (non-hydrogen) atoms. The molecule has 0 aromatic rings. The van der Waals surface area contributed by atoms with Crippen molar-refractivity contribution in [1.29, 1.82) is 0 Å². The summed E-state index contributed by atoms with van der Waals surface area (Å²) in [6.07, 6.45) is 12.1. The normalized spacial score (nSPS) is 34.6. The van der Waals surface area contributed by atoms with E-state index in [1.165, 1.54) is 38.5 Å². The van der Waals surface area contributed by atoms with Gasteiger partial charge in [0.15, 0.2) is 0 Å². The minimum atomic E-state index is -0.531. The SMILES string of the molecule is CC(C)(C)OC(=O)CNC(=O)C1CCC(C2CNC(NC3CCCC(CNCC4CCCO4)C3)NC2)CC1. The molecule has 0 aromatic carbocycles. The second kappa shape index (κ2) is 14.4. The number of carbonyl (C=O) groups is 2. The van der Waals surface area contributed by atoms with Crippen LogP contribution in [0.2, 0.25) is 0 Å². The minimum Gasteiger partial charge on any atom is -0.459 e. The van der Waals surface area contributed by atoms with Gasteiger partial charge in [0.05, 0.1) is 6.10 Å². The van der Waals surface area contributed by atoms with Gasteiger partial charge in [-0.2, -0.15) is 0 Å².